The van der Waals surface area contributed by atoms with Crippen LogP contribution in [0.15, 0.2) is 18.2 Å². The molecule has 1 aromatic carbocycles. The summed E-state index contributed by atoms with van der Waals surface area (Å²) in [6.07, 6.45) is 3.70. The van der Waals surface area contributed by atoms with E-state index in [4.69, 9.17) is 14.5 Å². The van der Waals surface area contributed by atoms with Gasteiger partial charge < -0.3 is 14.6 Å². The van der Waals surface area contributed by atoms with Crippen LogP contribution in [0.3, 0.4) is 0 Å². The van der Waals surface area contributed by atoms with Crippen molar-refractivity contribution in [2.24, 2.45) is 0 Å². The van der Waals surface area contributed by atoms with Gasteiger partial charge in [-0.15, -0.1) is 0 Å². The summed E-state index contributed by atoms with van der Waals surface area (Å²) in [5, 5.41) is 15.6. The van der Waals surface area contributed by atoms with Gasteiger partial charge in [-0.05, 0) is 31.0 Å². The topological polar surface area (TPSA) is 68.9 Å². The lowest BCUT2D eigenvalue weighted by molar-refractivity contribution is 0.174. The summed E-state index contributed by atoms with van der Waals surface area (Å²) in [4.78, 5) is 5.54. The van der Waals surface area contributed by atoms with Crippen LogP contribution in [0.1, 0.15) is 35.9 Å². The van der Waals surface area contributed by atoms with Crippen molar-refractivity contribution >= 4 is 16.3 Å². The molecule has 0 radical (unpaired) electrons. The monoisotopic (exact) mass is 329 g/mol. The number of hydrogen-bond donors (Lipinski definition) is 1. The minimum absolute atomic E-state index is 0.0984. The van der Waals surface area contributed by atoms with Gasteiger partial charge >= 0.3 is 0 Å². The number of nitrogens with zero attached hydrogens (tertiary/aromatic N) is 3. The zero-order chi connectivity index (χ0) is 15.4. The third kappa shape index (κ3) is 1.96. The van der Waals surface area contributed by atoms with Crippen molar-refractivity contribution in [1.29, 1.82) is 0 Å². The van der Waals surface area contributed by atoms with Crippen LogP contribution in [-0.4, -0.2) is 26.5 Å². The van der Waals surface area contributed by atoms with Gasteiger partial charge in [-0.1, -0.05) is 17.8 Å². The summed E-state index contributed by atoms with van der Waals surface area (Å²) in [5.41, 5.74) is 2.38. The van der Waals surface area contributed by atoms with Gasteiger partial charge in [0.25, 0.3) is 0 Å². The van der Waals surface area contributed by atoms with Crippen LogP contribution in [0.5, 0.6) is 11.5 Å². The molecule has 1 saturated carbocycles. The minimum Gasteiger partial charge on any atom is -0.454 e. The molecule has 0 bridgehead atoms. The van der Waals surface area contributed by atoms with Gasteiger partial charge in [0.2, 0.25) is 11.8 Å². The van der Waals surface area contributed by atoms with Gasteiger partial charge in [0.15, 0.2) is 11.5 Å². The normalized spacial score (nSPS) is 16.9. The second kappa shape index (κ2) is 4.94. The van der Waals surface area contributed by atoms with E-state index in [2.05, 4.69) is 5.10 Å². The minimum atomic E-state index is -0.0984. The van der Waals surface area contributed by atoms with Crippen molar-refractivity contribution in [3.8, 4) is 22.8 Å². The first kappa shape index (κ1) is 13.3. The first-order valence-electron chi connectivity index (χ1n) is 7.72. The van der Waals surface area contributed by atoms with Gasteiger partial charge in [0.05, 0.1) is 18.0 Å². The quantitative estimate of drug-likeness (QED) is 0.800. The first-order valence-corrected chi connectivity index (χ1v) is 8.54. The molecule has 0 amide bonds. The number of imidazole rings is 1. The van der Waals surface area contributed by atoms with Gasteiger partial charge in [-0.25, -0.2) is 9.50 Å². The number of hydrogen-bond acceptors (Lipinski definition) is 6. The number of rotatable bonds is 3. The van der Waals surface area contributed by atoms with Crippen LogP contribution >= 0.6 is 11.3 Å². The lowest BCUT2D eigenvalue weighted by Crippen LogP contribution is -2.09. The van der Waals surface area contributed by atoms with Crippen LogP contribution in [0.4, 0.5) is 0 Å². The lowest BCUT2D eigenvalue weighted by Gasteiger charge is -2.21. The Bertz CT molecular complexity index is 897. The zero-order valence-corrected chi connectivity index (χ0v) is 13.2. The summed E-state index contributed by atoms with van der Waals surface area (Å²) >= 11 is 1.63. The van der Waals surface area contributed by atoms with Gasteiger partial charge in [-0.2, -0.15) is 5.10 Å². The Morgan fingerprint density at radius 3 is 2.91 bits per heavy atom. The second-order valence-corrected chi connectivity index (χ2v) is 6.88. The highest BCUT2D eigenvalue weighted by Gasteiger charge is 2.26. The maximum Gasteiger partial charge on any atom is 0.231 e. The van der Waals surface area contributed by atoms with Gasteiger partial charge in [0, 0.05) is 11.5 Å². The molecular formula is C16H15N3O3S. The van der Waals surface area contributed by atoms with Crippen LogP contribution < -0.4 is 9.47 Å². The maximum atomic E-state index is 9.83. The molecular weight excluding hydrogens is 314 g/mol. The van der Waals surface area contributed by atoms with E-state index in [0.29, 0.717) is 11.7 Å². The Hall–Kier alpha value is -2.12. The number of aliphatic hydroxyl groups is 1. The van der Waals surface area contributed by atoms with E-state index in [-0.39, 0.29) is 13.4 Å². The summed E-state index contributed by atoms with van der Waals surface area (Å²) in [7, 11) is 0. The number of benzene rings is 1. The Morgan fingerprint density at radius 2 is 2.13 bits per heavy atom. The number of aromatic nitrogens is 3. The fraction of sp³-hybridized carbons (Fsp3) is 0.375. The Labute approximate surface area is 136 Å². The van der Waals surface area contributed by atoms with E-state index in [1.807, 2.05) is 18.2 Å². The summed E-state index contributed by atoms with van der Waals surface area (Å²) in [6.45, 7) is 0.148. The van der Waals surface area contributed by atoms with Crippen molar-refractivity contribution < 1.29 is 14.6 Å². The molecule has 2 aliphatic rings. The molecule has 2 aromatic heterocycles. The molecule has 23 heavy (non-hydrogen) atoms. The Kier molecular flexibility index (Phi) is 2.86. The molecule has 1 aliphatic carbocycles. The van der Waals surface area contributed by atoms with Crippen molar-refractivity contribution in [2.45, 2.75) is 31.8 Å². The SMILES string of the molecule is OCc1c(-c2ccc3c(c2)OCO3)nc2sc(C3CCC3)nn12. The maximum absolute atomic E-state index is 9.83. The first-order chi connectivity index (χ1) is 11.3. The van der Waals surface area contributed by atoms with E-state index in [1.165, 1.54) is 19.3 Å². The highest BCUT2D eigenvalue weighted by molar-refractivity contribution is 7.16. The van der Waals surface area contributed by atoms with Crippen molar-refractivity contribution in [3.63, 3.8) is 0 Å². The third-order valence-corrected chi connectivity index (χ3v) is 5.63. The van der Waals surface area contributed by atoms with Crippen LogP contribution in [-0.2, 0) is 6.61 Å². The van der Waals surface area contributed by atoms with E-state index in [0.717, 1.165) is 32.7 Å². The number of aliphatic hydroxyl groups excluding tert-OH is 1. The molecule has 1 N–H and O–H groups in total. The smallest absolute Gasteiger partial charge is 0.231 e. The fourth-order valence-electron chi connectivity index (χ4n) is 3.04. The van der Waals surface area contributed by atoms with Gasteiger partial charge in [0.1, 0.15) is 5.01 Å². The van der Waals surface area contributed by atoms with E-state index in [1.54, 1.807) is 15.9 Å². The van der Waals surface area contributed by atoms with Crippen molar-refractivity contribution in [3.05, 3.63) is 28.9 Å². The second-order valence-electron chi connectivity index (χ2n) is 5.90. The molecule has 0 atom stereocenters. The molecule has 1 fully saturated rings. The van der Waals surface area contributed by atoms with E-state index < -0.39 is 0 Å². The van der Waals surface area contributed by atoms with Crippen molar-refractivity contribution in [2.75, 3.05) is 6.79 Å². The average Bonchev–Trinajstić information content (AvgIpc) is 3.17. The van der Waals surface area contributed by atoms with Crippen LogP contribution in [0, 0.1) is 0 Å². The molecule has 3 heterocycles. The molecule has 1 aliphatic heterocycles. The van der Waals surface area contributed by atoms with Crippen LogP contribution in [0.25, 0.3) is 16.2 Å². The summed E-state index contributed by atoms with van der Waals surface area (Å²) in [6, 6.07) is 5.71. The molecule has 0 spiro atoms. The summed E-state index contributed by atoms with van der Waals surface area (Å²) < 4.78 is 12.6. The molecule has 118 valence electrons. The molecule has 0 unspecified atom stereocenters. The molecule has 0 saturated heterocycles. The molecule has 5 rings (SSSR count). The zero-order valence-electron chi connectivity index (χ0n) is 12.4. The lowest BCUT2D eigenvalue weighted by atomic mass is 9.86. The highest BCUT2D eigenvalue weighted by Crippen LogP contribution is 2.40. The largest absolute Gasteiger partial charge is 0.454 e. The standard InChI is InChI=1S/C16H15N3O3S/c20-7-11-14(10-4-5-12-13(6-10)22-8-21-12)17-16-19(11)18-15(23-16)9-2-1-3-9/h4-6,9,20H,1-3,7-8H2. The number of ether oxygens (including phenoxy) is 2. The van der Waals surface area contributed by atoms with Gasteiger partial charge in [-0.3, -0.25) is 0 Å². The predicted octanol–water partition coefficient (Wildman–Crippen LogP) is 2.95. The Morgan fingerprint density at radius 1 is 1.26 bits per heavy atom. The van der Waals surface area contributed by atoms with Crippen LogP contribution in [0.2, 0.25) is 0 Å². The molecule has 6 nitrogen and oxygen atoms in total. The fourth-order valence-corrected chi connectivity index (χ4v) is 4.13. The van der Waals surface area contributed by atoms with Crippen molar-refractivity contribution in [1.82, 2.24) is 14.6 Å². The van der Waals surface area contributed by atoms with E-state index >= 15 is 0 Å². The third-order valence-electron chi connectivity index (χ3n) is 4.56. The molecule has 7 heteroatoms. The highest BCUT2D eigenvalue weighted by atomic mass is 32.1. The molecule has 3 aromatic rings. The van der Waals surface area contributed by atoms with E-state index in [9.17, 15) is 5.11 Å². The number of fused-ring (bicyclic) bond motifs is 2. The summed E-state index contributed by atoms with van der Waals surface area (Å²) in [5.74, 6) is 2.03. The predicted molar refractivity (Wildman–Crippen MR) is 84.9 cm³/mol. The Balaban J connectivity index is 1.62. The average molecular weight is 329 g/mol.